The molecule has 0 unspecified atom stereocenters. The molecule has 0 spiro atoms. The van der Waals surface area contributed by atoms with Gasteiger partial charge >= 0.3 is 0 Å². The average molecular weight is 282 g/mol. The van der Waals surface area contributed by atoms with Crippen molar-refractivity contribution in [2.24, 2.45) is 5.73 Å². The number of rotatable bonds is 3. The van der Waals surface area contributed by atoms with Crippen LogP contribution in [0.25, 0.3) is 0 Å². The molecule has 0 radical (unpaired) electrons. The zero-order valence-electron chi connectivity index (χ0n) is 9.56. The van der Waals surface area contributed by atoms with E-state index in [9.17, 15) is 9.18 Å². The van der Waals surface area contributed by atoms with E-state index in [0.717, 1.165) is 0 Å². The first-order valence-electron chi connectivity index (χ1n) is 5.17. The van der Waals surface area contributed by atoms with Crippen molar-refractivity contribution in [3.05, 3.63) is 46.9 Å². The number of carbonyl (C=O) groups is 1. The fourth-order valence-corrected chi connectivity index (χ4v) is 1.50. The standard InChI is InChI=1S/C12H9ClFN3O2/c13-6-2-1-3-9(10(6)14)19-12-7(15)4-5-8(17-12)11(16)18/h1-5H,15H2,(H2,16,18). The van der Waals surface area contributed by atoms with Gasteiger partial charge in [0.25, 0.3) is 5.91 Å². The molecular weight excluding hydrogens is 273 g/mol. The van der Waals surface area contributed by atoms with Gasteiger partial charge in [-0.25, -0.2) is 9.37 Å². The van der Waals surface area contributed by atoms with Crippen molar-refractivity contribution in [2.45, 2.75) is 0 Å². The summed E-state index contributed by atoms with van der Waals surface area (Å²) in [7, 11) is 0. The minimum atomic E-state index is -0.741. The van der Waals surface area contributed by atoms with Crippen molar-refractivity contribution in [1.29, 1.82) is 0 Å². The number of hydrogen-bond acceptors (Lipinski definition) is 4. The van der Waals surface area contributed by atoms with Crippen LogP contribution in [0, 0.1) is 5.82 Å². The maximum Gasteiger partial charge on any atom is 0.267 e. The first-order chi connectivity index (χ1) is 8.99. The summed E-state index contributed by atoms with van der Waals surface area (Å²) in [6.07, 6.45) is 0. The lowest BCUT2D eigenvalue weighted by atomic mass is 10.3. The Morgan fingerprint density at radius 2 is 2.05 bits per heavy atom. The summed E-state index contributed by atoms with van der Waals surface area (Å²) in [5, 5.41) is -0.0953. The number of halogens is 2. The second kappa shape index (κ2) is 5.11. The Morgan fingerprint density at radius 1 is 1.32 bits per heavy atom. The molecule has 0 aliphatic rings. The van der Waals surface area contributed by atoms with Gasteiger partial charge < -0.3 is 16.2 Å². The number of anilines is 1. The average Bonchev–Trinajstić information content (AvgIpc) is 2.37. The minimum absolute atomic E-state index is 0.0355. The number of benzene rings is 1. The van der Waals surface area contributed by atoms with E-state index in [2.05, 4.69) is 4.98 Å². The molecule has 98 valence electrons. The summed E-state index contributed by atoms with van der Waals surface area (Å²) in [5.74, 6) is -1.74. The third kappa shape index (κ3) is 2.74. The summed E-state index contributed by atoms with van der Waals surface area (Å²) in [5.41, 5.74) is 10.8. The van der Waals surface area contributed by atoms with Gasteiger partial charge in [0.15, 0.2) is 11.6 Å². The lowest BCUT2D eigenvalue weighted by molar-refractivity contribution is 0.0995. The number of carbonyl (C=O) groups excluding carboxylic acids is 1. The van der Waals surface area contributed by atoms with Crippen molar-refractivity contribution in [1.82, 2.24) is 4.98 Å². The van der Waals surface area contributed by atoms with Gasteiger partial charge in [-0.3, -0.25) is 4.79 Å². The Labute approximate surface area is 112 Å². The molecule has 5 nitrogen and oxygen atoms in total. The largest absolute Gasteiger partial charge is 0.434 e. The van der Waals surface area contributed by atoms with Crippen molar-refractivity contribution in [3.8, 4) is 11.6 Å². The molecule has 2 rings (SSSR count). The molecule has 1 heterocycles. The van der Waals surface area contributed by atoms with Gasteiger partial charge in [-0.2, -0.15) is 0 Å². The van der Waals surface area contributed by atoms with Crippen LogP contribution >= 0.6 is 11.6 Å². The van der Waals surface area contributed by atoms with Crippen molar-refractivity contribution >= 4 is 23.2 Å². The van der Waals surface area contributed by atoms with Gasteiger partial charge in [0.1, 0.15) is 5.69 Å². The third-order valence-corrected chi connectivity index (χ3v) is 2.56. The monoisotopic (exact) mass is 281 g/mol. The highest BCUT2D eigenvalue weighted by Gasteiger charge is 2.13. The highest BCUT2D eigenvalue weighted by Crippen LogP contribution is 2.30. The van der Waals surface area contributed by atoms with Crippen LogP contribution in [0.5, 0.6) is 11.6 Å². The highest BCUT2D eigenvalue weighted by molar-refractivity contribution is 6.30. The molecule has 1 aromatic carbocycles. The van der Waals surface area contributed by atoms with Crippen LogP contribution in [0.3, 0.4) is 0 Å². The van der Waals surface area contributed by atoms with Crippen molar-refractivity contribution in [2.75, 3.05) is 5.73 Å². The summed E-state index contributed by atoms with van der Waals surface area (Å²) < 4.78 is 18.9. The van der Waals surface area contributed by atoms with Gasteiger partial charge in [0, 0.05) is 0 Å². The molecule has 0 fully saturated rings. The normalized spacial score (nSPS) is 10.2. The van der Waals surface area contributed by atoms with E-state index in [-0.39, 0.29) is 28.0 Å². The van der Waals surface area contributed by atoms with Crippen LogP contribution in [0.1, 0.15) is 10.5 Å². The van der Waals surface area contributed by atoms with Crippen molar-refractivity contribution < 1.29 is 13.9 Å². The molecule has 7 heteroatoms. The van der Waals surface area contributed by atoms with Gasteiger partial charge in [0.05, 0.1) is 10.7 Å². The molecule has 0 atom stereocenters. The van der Waals surface area contributed by atoms with E-state index in [4.69, 9.17) is 27.8 Å². The number of ether oxygens (including phenoxy) is 1. The van der Waals surface area contributed by atoms with Crippen LogP contribution in [0.2, 0.25) is 5.02 Å². The number of pyridine rings is 1. The Kier molecular flexibility index (Phi) is 3.52. The molecule has 0 aliphatic carbocycles. The fraction of sp³-hybridized carbons (Fsp3) is 0. The number of amides is 1. The topological polar surface area (TPSA) is 91.2 Å². The quantitative estimate of drug-likeness (QED) is 0.903. The van der Waals surface area contributed by atoms with Crippen molar-refractivity contribution in [3.63, 3.8) is 0 Å². The highest BCUT2D eigenvalue weighted by atomic mass is 35.5. The lowest BCUT2D eigenvalue weighted by Crippen LogP contribution is -2.13. The molecule has 0 saturated carbocycles. The summed E-state index contributed by atoms with van der Waals surface area (Å²) in [4.78, 5) is 14.8. The third-order valence-electron chi connectivity index (χ3n) is 2.26. The number of aromatic nitrogens is 1. The summed E-state index contributed by atoms with van der Waals surface area (Å²) >= 11 is 5.62. The predicted octanol–water partition coefficient (Wildman–Crippen LogP) is 2.35. The minimum Gasteiger partial charge on any atom is -0.434 e. The van der Waals surface area contributed by atoms with Crippen LogP contribution in [-0.4, -0.2) is 10.9 Å². The Hall–Kier alpha value is -2.34. The van der Waals surface area contributed by atoms with E-state index in [1.54, 1.807) is 0 Å². The molecule has 0 aliphatic heterocycles. The maximum atomic E-state index is 13.7. The van der Waals surface area contributed by atoms with Gasteiger partial charge in [-0.15, -0.1) is 0 Å². The second-order valence-electron chi connectivity index (χ2n) is 3.61. The Morgan fingerprint density at radius 3 is 2.74 bits per heavy atom. The van der Waals surface area contributed by atoms with Gasteiger partial charge in [-0.1, -0.05) is 17.7 Å². The smallest absolute Gasteiger partial charge is 0.267 e. The number of nitrogens with two attached hydrogens (primary N) is 2. The van der Waals surface area contributed by atoms with Crippen LogP contribution in [-0.2, 0) is 0 Å². The molecular formula is C12H9ClFN3O2. The molecule has 1 aromatic heterocycles. The van der Waals surface area contributed by atoms with E-state index in [1.165, 1.54) is 30.3 Å². The number of nitrogen functional groups attached to an aromatic ring is 1. The predicted molar refractivity (Wildman–Crippen MR) is 68.7 cm³/mol. The van der Waals surface area contributed by atoms with Gasteiger partial charge in [-0.05, 0) is 24.3 Å². The van der Waals surface area contributed by atoms with E-state index in [1.807, 2.05) is 0 Å². The van der Waals surface area contributed by atoms with E-state index in [0.29, 0.717) is 0 Å². The van der Waals surface area contributed by atoms with Crippen LogP contribution in [0.15, 0.2) is 30.3 Å². The zero-order valence-corrected chi connectivity index (χ0v) is 10.3. The number of primary amides is 1. The SMILES string of the molecule is NC(=O)c1ccc(N)c(Oc2cccc(Cl)c2F)n1. The second-order valence-corrected chi connectivity index (χ2v) is 4.02. The van der Waals surface area contributed by atoms with Crippen LogP contribution < -0.4 is 16.2 Å². The van der Waals surface area contributed by atoms with E-state index < -0.39 is 11.7 Å². The summed E-state index contributed by atoms with van der Waals surface area (Å²) in [6, 6.07) is 6.98. The Bertz CT molecular complexity index is 649. The van der Waals surface area contributed by atoms with Crippen LogP contribution in [0.4, 0.5) is 10.1 Å². The number of hydrogen-bond donors (Lipinski definition) is 2. The lowest BCUT2D eigenvalue weighted by Gasteiger charge is -2.09. The van der Waals surface area contributed by atoms with Gasteiger partial charge in [0.2, 0.25) is 5.88 Å². The molecule has 1 amide bonds. The zero-order chi connectivity index (χ0) is 14.0. The molecule has 2 aromatic rings. The summed E-state index contributed by atoms with van der Waals surface area (Å²) in [6.45, 7) is 0. The van der Waals surface area contributed by atoms with E-state index >= 15 is 0 Å². The molecule has 0 bridgehead atoms. The Balaban J connectivity index is 2.40. The first-order valence-corrected chi connectivity index (χ1v) is 5.55. The molecule has 0 saturated heterocycles. The molecule has 19 heavy (non-hydrogen) atoms. The first kappa shape index (κ1) is 13.1. The fourth-order valence-electron chi connectivity index (χ4n) is 1.34. The maximum absolute atomic E-state index is 13.7. The number of nitrogens with zero attached hydrogens (tertiary/aromatic N) is 1. The molecule has 4 N–H and O–H groups in total.